The highest BCUT2D eigenvalue weighted by Crippen LogP contribution is 2.27. The van der Waals surface area contributed by atoms with Gasteiger partial charge in [0.1, 0.15) is 5.75 Å². The smallest absolute Gasteiger partial charge is 0.269 e. The van der Waals surface area contributed by atoms with Crippen molar-refractivity contribution in [2.45, 2.75) is 13.0 Å². The van der Waals surface area contributed by atoms with E-state index in [1.54, 1.807) is 11.7 Å². The van der Waals surface area contributed by atoms with Gasteiger partial charge in [-0.25, -0.2) is 4.98 Å². The number of rotatable bonds is 4. The summed E-state index contributed by atoms with van der Waals surface area (Å²) in [6.45, 7) is 0.358. The highest BCUT2D eigenvalue weighted by Gasteiger charge is 2.17. The van der Waals surface area contributed by atoms with Crippen molar-refractivity contribution in [2.24, 2.45) is 0 Å². The molecule has 0 spiro atoms. The van der Waals surface area contributed by atoms with Crippen LogP contribution in [0.15, 0.2) is 52.9 Å². The van der Waals surface area contributed by atoms with Crippen LogP contribution in [0.1, 0.15) is 11.2 Å². The van der Waals surface area contributed by atoms with Crippen LogP contribution < -0.4 is 10.5 Å². The number of ether oxygens (including phenoxy) is 1. The van der Waals surface area contributed by atoms with Gasteiger partial charge in [-0.3, -0.25) is 9.36 Å². The van der Waals surface area contributed by atoms with Crippen molar-refractivity contribution in [1.82, 2.24) is 19.3 Å². The van der Waals surface area contributed by atoms with Crippen molar-refractivity contribution < 1.29 is 13.9 Å². The summed E-state index contributed by atoms with van der Waals surface area (Å²) in [5.41, 5.74) is 8.70. The Morgan fingerprint density at radius 3 is 2.90 bits per heavy atom. The number of anilines is 1. The molecule has 3 aromatic heterocycles. The monoisotopic (exact) mass is 419 g/mol. The van der Waals surface area contributed by atoms with Crippen LogP contribution in [0.5, 0.6) is 5.75 Å². The van der Waals surface area contributed by atoms with Crippen molar-refractivity contribution >= 4 is 57.0 Å². The van der Waals surface area contributed by atoms with E-state index < -0.39 is 0 Å². The minimum Gasteiger partial charge on any atom is -0.497 e. The number of benzene rings is 2. The third-order valence-electron chi connectivity index (χ3n) is 5.05. The molecule has 8 nitrogen and oxygen atoms in total. The summed E-state index contributed by atoms with van der Waals surface area (Å²) in [6, 6.07) is 14.9. The Balaban J connectivity index is 1.51. The fourth-order valence-corrected chi connectivity index (χ4v) is 3.81. The Labute approximate surface area is 175 Å². The standard InChI is InChI=1S/C21H17N5O3S/c1-28-13-7-6-12-10-14-19(22)24-26(20(14)23-15(12)11-13)18(27)8-9-25-16-4-2-3-5-17(16)29-21(25)30/h2-7,10-11H,8-9H2,1H3,(H2,22,24). The van der Waals surface area contributed by atoms with Crippen molar-refractivity contribution in [3.05, 3.63) is 53.4 Å². The number of aryl methyl sites for hydroxylation is 1. The third kappa shape index (κ3) is 2.91. The van der Waals surface area contributed by atoms with Crippen molar-refractivity contribution in [3.63, 3.8) is 0 Å². The lowest BCUT2D eigenvalue weighted by molar-refractivity contribution is 0.0886. The lowest BCUT2D eigenvalue weighted by Crippen LogP contribution is -2.15. The summed E-state index contributed by atoms with van der Waals surface area (Å²) < 4.78 is 13.9. The number of nitrogen functional groups attached to an aromatic ring is 1. The zero-order valence-corrected chi connectivity index (χ0v) is 16.8. The minimum absolute atomic E-state index is 0.159. The Morgan fingerprint density at radius 1 is 1.23 bits per heavy atom. The fourth-order valence-electron chi connectivity index (χ4n) is 3.54. The molecular weight excluding hydrogens is 402 g/mol. The number of hydrogen-bond donors (Lipinski definition) is 1. The number of pyridine rings is 1. The predicted octanol–water partition coefficient (Wildman–Crippen LogP) is 4.18. The lowest BCUT2D eigenvalue weighted by atomic mass is 10.2. The summed E-state index contributed by atoms with van der Waals surface area (Å²) in [5.74, 6) is 0.702. The zero-order chi connectivity index (χ0) is 20.8. The van der Waals surface area contributed by atoms with Gasteiger partial charge in [-0.1, -0.05) is 12.1 Å². The summed E-state index contributed by atoms with van der Waals surface area (Å²) in [6.07, 6.45) is 0.159. The van der Waals surface area contributed by atoms with Crippen molar-refractivity contribution in [1.29, 1.82) is 0 Å². The number of carbonyl (C=O) groups excluding carboxylic acids is 1. The molecule has 0 saturated carbocycles. The van der Waals surface area contributed by atoms with Gasteiger partial charge in [-0.2, -0.15) is 4.68 Å². The molecule has 0 bridgehead atoms. The molecule has 3 heterocycles. The first kappa shape index (κ1) is 18.3. The highest BCUT2D eigenvalue weighted by atomic mass is 32.1. The first-order valence-electron chi connectivity index (χ1n) is 9.30. The normalized spacial score (nSPS) is 11.5. The van der Waals surface area contributed by atoms with Gasteiger partial charge in [0.05, 0.1) is 23.5 Å². The molecule has 0 amide bonds. The fraction of sp³-hybridized carbons (Fsp3) is 0.143. The summed E-state index contributed by atoms with van der Waals surface area (Å²) in [5, 5.41) is 5.75. The van der Waals surface area contributed by atoms with E-state index in [4.69, 9.17) is 27.1 Å². The minimum atomic E-state index is -0.237. The van der Waals surface area contributed by atoms with Gasteiger partial charge in [0, 0.05) is 24.4 Å². The Bertz CT molecular complexity index is 1500. The summed E-state index contributed by atoms with van der Waals surface area (Å²) in [4.78, 5) is 17.9. The van der Waals surface area contributed by atoms with Crippen molar-refractivity contribution in [3.8, 4) is 5.75 Å². The van der Waals surface area contributed by atoms with Crippen LogP contribution in [0, 0.1) is 4.84 Å². The van der Waals surface area contributed by atoms with Crippen LogP contribution in [-0.2, 0) is 6.54 Å². The third-order valence-corrected chi connectivity index (χ3v) is 5.35. The van der Waals surface area contributed by atoms with Crippen molar-refractivity contribution in [2.75, 3.05) is 12.8 Å². The van der Waals surface area contributed by atoms with Gasteiger partial charge in [-0.15, -0.1) is 5.10 Å². The van der Waals surface area contributed by atoms with E-state index in [1.807, 2.05) is 48.5 Å². The van der Waals surface area contributed by atoms with Crippen LogP contribution in [-0.4, -0.2) is 32.3 Å². The molecule has 0 fully saturated rings. The molecule has 0 unspecified atom stereocenters. The van der Waals surface area contributed by atoms with Gasteiger partial charge in [0.25, 0.3) is 10.7 Å². The molecular formula is C21H17N5O3S. The van der Waals surface area contributed by atoms with E-state index >= 15 is 0 Å². The van der Waals surface area contributed by atoms with Crippen LogP contribution in [0.2, 0.25) is 0 Å². The van der Waals surface area contributed by atoms with Crippen LogP contribution in [0.25, 0.3) is 33.0 Å². The number of oxazole rings is 1. The predicted molar refractivity (Wildman–Crippen MR) is 116 cm³/mol. The maximum absolute atomic E-state index is 13.0. The number of methoxy groups -OCH3 is 1. The number of aromatic nitrogens is 4. The van der Waals surface area contributed by atoms with E-state index in [2.05, 4.69) is 10.1 Å². The topological polar surface area (TPSA) is 101 Å². The number of nitrogens with two attached hydrogens (primary N) is 1. The van der Waals surface area contributed by atoms with E-state index in [0.29, 0.717) is 39.3 Å². The molecule has 150 valence electrons. The molecule has 5 aromatic rings. The van der Waals surface area contributed by atoms with E-state index in [0.717, 1.165) is 10.9 Å². The summed E-state index contributed by atoms with van der Waals surface area (Å²) >= 11 is 5.30. The Hall–Kier alpha value is -3.72. The number of hydrogen-bond acceptors (Lipinski definition) is 7. The van der Waals surface area contributed by atoms with Crippen LogP contribution in [0.3, 0.4) is 0 Å². The molecule has 0 aliphatic rings. The second kappa shape index (κ2) is 6.96. The number of carbonyl (C=O) groups is 1. The molecule has 0 aliphatic carbocycles. The van der Waals surface area contributed by atoms with E-state index in [1.165, 1.54) is 4.68 Å². The van der Waals surface area contributed by atoms with Gasteiger partial charge in [0.15, 0.2) is 17.0 Å². The maximum atomic E-state index is 13.0. The average Bonchev–Trinajstić information content (AvgIpc) is 3.25. The maximum Gasteiger partial charge on any atom is 0.269 e. The molecule has 0 radical (unpaired) electrons. The summed E-state index contributed by atoms with van der Waals surface area (Å²) in [7, 11) is 1.59. The Morgan fingerprint density at radius 2 is 2.07 bits per heavy atom. The first-order valence-corrected chi connectivity index (χ1v) is 9.70. The van der Waals surface area contributed by atoms with E-state index in [-0.39, 0.29) is 18.1 Å². The van der Waals surface area contributed by atoms with Gasteiger partial charge in [0.2, 0.25) is 0 Å². The highest BCUT2D eigenvalue weighted by molar-refractivity contribution is 7.71. The van der Waals surface area contributed by atoms with Gasteiger partial charge in [-0.05, 0) is 42.5 Å². The van der Waals surface area contributed by atoms with Crippen LogP contribution >= 0.6 is 12.2 Å². The number of nitrogens with zero attached hydrogens (tertiary/aromatic N) is 4. The quantitative estimate of drug-likeness (QED) is 0.436. The van der Waals surface area contributed by atoms with E-state index in [9.17, 15) is 4.79 Å². The first-order chi connectivity index (χ1) is 14.5. The molecule has 0 saturated heterocycles. The molecule has 5 rings (SSSR count). The van der Waals surface area contributed by atoms with Gasteiger partial charge < -0.3 is 14.9 Å². The van der Waals surface area contributed by atoms with Crippen LogP contribution in [0.4, 0.5) is 5.82 Å². The number of para-hydroxylation sites is 2. The molecule has 0 atom stereocenters. The molecule has 9 heteroatoms. The number of fused-ring (bicyclic) bond motifs is 3. The second-order valence-corrected chi connectivity index (χ2v) is 7.20. The zero-order valence-electron chi connectivity index (χ0n) is 16.0. The molecule has 2 aromatic carbocycles. The molecule has 2 N–H and O–H groups in total. The molecule has 30 heavy (non-hydrogen) atoms. The SMILES string of the molecule is COc1ccc2cc3c(N)nn(C(=O)CCn4c(=S)oc5ccccc54)c3nc2c1. The van der Waals surface area contributed by atoms with Gasteiger partial charge >= 0.3 is 0 Å². The Kier molecular flexibility index (Phi) is 4.25. The largest absolute Gasteiger partial charge is 0.497 e. The molecule has 0 aliphatic heterocycles. The lowest BCUT2D eigenvalue weighted by Gasteiger charge is -2.05. The average molecular weight is 419 g/mol. The second-order valence-electron chi connectivity index (χ2n) is 6.85.